The minimum Gasteiger partial charge on any atom is -0.497 e. The van der Waals surface area contributed by atoms with Crippen LogP contribution in [0.3, 0.4) is 0 Å². The molecule has 0 aliphatic carbocycles. The number of hydrogen-bond donors (Lipinski definition) is 1. The van der Waals surface area contributed by atoms with E-state index in [4.69, 9.17) is 4.74 Å². The van der Waals surface area contributed by atoms with Crippen LogP contribution in [0.15, 0.2) is 72.8 Å². The van der Waals surface area contributed by atoms with E-state index in [2.05, 4.69) is 5.32 Å². The Morgan fingerprint density at radius 3 is 2.70 bits per heavy atom. The highest BCUT2D eigenvalue weighted by atomic mass is 32.2. The molecule has 168 valence electrons. The van der Waals surface area contributed by atoms with Gasteiger partial charge in [0.2, 0.25) is 0 Å². The standard InChI is InChI=1S/C25H22FN3O3S/c1-32-20-6-4-5-19(15-20)27-24(31)29-13-14-33-25(29)21-7-2-3-8-22(21)28(23(25)30)16-17-9-11-18(26)12-10-17/h2-12,15H,13-14,16H2,1H3,(H,27,31)/t25-/m0/s1. The van der Waals surface area contributed by atoms with Gasteiger partial charge < -0.3 is 15.0 Å². The molecular formula is C25H22FN3O3S. The number of nitrogens with one attached hydrogen (secondary N) is 1. The molecule has 8 heteroatoms. The predicted molar refractivity (Wildman–Crippen MR) is 127 cm³/mol. The highest BCUT2D eigenvalue weighted by Crippen LogP contribution is 2.54. The van der Waals surface area contributed by atoms with Gasteiger partial charge in [0.05, 0.1) is 19.3 Å². The number of rotatable bonds is 4. The molecule has 2 aliphatic heterocycles. The zero-order chi connectivity index (χ0) is 23.0. The summed E-state index contributed by atoms with van der Waals surface area (Å²) in [5.74, 6) is 0.771. The fourth-order valence-corrected chi connectivity index (χ4v) is 5.85. The van der Waals surface area contributed by atoms with Gasteiger partial charge in [-0.1, -0.05) is 36.4 Å². The van der Waals surface area contributed by atoms with Crippen LogP contribution in [0.25, 0.3) is 0 Å². The number of carbonyl (C=O) groups is 2. The molecule has 0 saturated carbocycles. The first-order chi connectivity index (χ1) is 16.0. The van der Waals surface area contributed by atoms with Gasteiger partial charge >= 0.3 is 6.03 Å². The summed E-state index contributed by atoms with van der Waals surface area (Å²) in [5.41, 5.74) is 2.96. The van der Waals surface area contributed by atoms with Crippen LogP contribution in [0, 0.1) is 5.82 Å². The zero-order valence-electron chi connectivity index (χ0n) is 18.0. The van der Waals surface area contributed by atoms with Gasteiger partial charge in [-0.15, -0.1) is 11.8 Å². The van der Waals surface area contributed by atoms with Crippen LogP contribution >= 0.6 is 11.8 Å². The smallest absolute Gasteiger partial charge is 0.323 e. The number of ether oxygens (including phenoxy) is 1. The fourth-order valence-electron chi connectivity index (χ4n) is 4.39. The molecule has 2 aliphatic rings. The lowest BCUT2D eigenvalue weighted by atomic mass is 10.1. The molecule has 1 atom stereocenters. The van der Waals surface area contributed by atoms with E-state index in [1.165, 1.54) is 23.9 Å². The molecule has 5 rings (SSSR count). The summed E-state index contributed by atoms with van der Waals surface area (Å²) in [6.45, 7) is 0.731. The van der Waals surface area contributed by atoms with E-state index in [0.717, 1.165) is 16.8 Å². The Hall–Kier alpha value is -3.52. The number of methoxy groups -OCH3 is 1. The average molecular weight is 464 g/mol. The summed E-state index contributed by atoms with van der Waals surface area (Å²) in [7, 11) is 1.57. The molecule has 1 fully saturated rings. The van der Waals surface area contributed by atoms with Crippen LogP contribution < -0.4 is 15.0 Å². The van der Waals surface area contributed by atoms with Crippen molar-refractivity contribution in [1.82, 2.24) is 4.90 Å². The molecule has 33 heavy (non-hydrogen) atoms. The molecule has 3 aromatic rings. The molecule has 1 saturated heterocycles. The lowest BCUT2D eigenvalue weighted by molar-refractivity contribution is -0.123. The van der Waals surface area contributed by atoms with E-state index in [-0.39, 0.29) is 17.8 Å². The Kier molecular flexibility index (Phi) is 5.46. The summed E-state index contributed by atoms with van der Waals surface area (Å²) in [6, 6.07) is 20.4. The number of halogens is 1. The normalized spacial score (nSPS) is 19.2. The predicted octanol–water partition coefficient (Wildman–Crippen LogP) is 4.81. The molecule has 3 aromatic carbocycles. The van der Waals surface area contributed by atoms with Crippen molar-refractivity contribution in [2.45, 2.75) is 11.4 Å². The van der Waals surface area contributed by atoms with Gasteiger partial charge in [-0.25, -0.2) is 9.18 Å². The number of amides is 3. The molecule has 1 spiro atoms. The van der Waals surface area contributed by atoms with Crippen LogP contribution in [0.4, 0.5) is 20.6 Å². The number of nitrogens with zero attached hydrogens (tertiary/aromatic N) is 2. The minimum absolute atomic E-state index is 0.170. The highest BCUT2D eigenvalue weighted by molar-refractivity contribution is 8.01. The van der Waals surface area contributed by atoms with Gasteiger partial charge in [-0.3, -0.25) is 9.69 Å². The van der Waals surface area contributed by atoms with E-state index < -0.39 is 4.87 Å². The lowest BCUT2D eigenvalue weighted by Crippen LogP contribution is -2.51. The van der Waals surface area contributed by atoms with Gasteiger partial charge in [0.1, 0.15) is 11.6 Å². The van der Waals surface area contributed by atoms with Crippen LogP contribution in [-0.4, -0.2) is 36.2 Å². The van der Waals surface area contributed by atoms with Gasteiger partial charge in [0.15, 0.2) is 4.87 Å². The first-order valence-corrected chi connectivity index (χ1v) is 11.5. The van der Waals surface area contributed by atoms with Crippen molar-refractivity contribution in [1.29, 1.82) is 0 Å². The molecule has 0 radical (unpaired) electrons. The van der Waals surface area contributed by atoms with Crippen LogP contribution in [-0.2, 0) is 16.2 Å². The van der Waals surface area contributed by atoms with Crippen LogP contribution in [0.2, 0.25) is 0 Å². The average Bonchev–Trinajstić information content (AvgIpc) is 3.38. The van der Waals surface area contributed by atoms with Crippen molar-refractivity contribution >= 4 is 35.1 Å². The lowest BCUT2D eigenvalue weighted by Gasteiger charge is -2.33. The van der Waals surface area contributed by atoms with E-state index in [1.807, 2.05) is 24.3 Å². The SMILES string of the molecule is COc1cccc(NC(=O)N2CCS[C@@]23C(=O)N(Cc2ccc(F)cc2)c2ccccc23)c1. The number of fused-ring (bicyclic) bond motifs is 2. The van der Waals surface area contributed by atoms with Crippen molar-refractivity contribution in [3.63, 3.8) is 0 Å². The van der Waals surface area contributed by atoms with Gasteiger partial charge in [0.25, 0.3) is 5.91 Å². The van der Waals surface area contributed by atoms with E-state index in [1.54, 1.807) is 53.3 Å². The summed E-state index contributed by atoms with van der Waals surface area (Å²) in [5, 5.41) is 2.91. The Labute approximate surface area is 195 Å². The van der Waals surface area contributed by atoms with E-state index in [9.17, 15) is 14.0 Å². The number of urea groups is 1. The van der Waals surface area contributed by atoms with E-state index in [0.29, 0.717) is 30.3 Å². The monoisotopic (exact) mass is 463 g/mol. The number of thioether (sulfide) groups is 1. The largest absolute Gasteiger partial charge is 0.497 e. The van der Waals surface area contributed by atoms with Crippen molar-refractivity contribution in [3.8, 4) is 5.75 Å². The summed E-state index contributed by atoms with van der Waals surface area (Å²) in [4.78, 5) is 29.5. The number of carbonyl (C=O) groups excluding carboxylic acids is 2. The second kappa shape index (κ2) is 8.44. The highest BCUT2D eigenvalue weighted by Gasteiger charge is 2.59. The maximum atomic E-state index is 13.9. The second-order valence-electron chi connectivity index (χ2n) is 7.84. The molecular weight excluding hydrogens is 441 g/mol. The molecule has 0 bridgehead atoms. The second-order valence-corrected chi connectivity index (χ2v) is 9.13. The number of para-hydroxylation sites is 1. The molecule has 3 amide bonds. The molecule has 0 unspecified atom stereocenters. The maximum Gasteiger partial charge on any atom is 0.323 e. The van der Waals surface area contributed by atoms with Crippen LogP contribution in [0.5, 0.6) is 5.75 Å². The van der Waals surface area contributed by atoms with E-state index >= 15 is 0 Å². The summed E-state index contributed by atoms with van der Waals surface area (Å²) in [6.07, 6.45) is 0. The number of anilines is 2. The minimum atomic E-state index is -1.14. The van der Waals surface area contributed by atoms with Crippen molar-refractivity contribution < 1.29 is 18.7 Å². The quantitative estimate of drug-likeness (QED) is 0.603. The van der Waals surface area contributed by atoms with Crippen LogP contribution in [0.1, 0.15) is 11.1 Å². The summed E-state index contributed by atoms with van der Waals surface area (Å²) >= 11 is 1.46. The topological polar surface area (TPSA) is 61.9 Å². The van der Waals surface area contributed by atoms with Gasteiger partial charge in [-0.2, -0.15) is 0 Å². The Morgan fingerprint density at radius 2 is 1.91 bits per heavy atom. The van der Waals surface area contributed by atoms with Gasteiger partial charge in [0, 0.05) is 29.6 Å². The summed E-state index contributed by atoms with van der Waals surface area (Å²) < 4.78 is 18.6. The van der Waals surface area contributed by atoms with Crippen molar-refractivity contribution in [2.75, 3.05) is 29.6 Å². The zero-order valence-corrected chi connectivity index (χ0v) is 18.8. The van der Waals surface area contributed by atoms with Gasteiger partial charge in [-0.05, 0) is 35.9 Å². The Morgan fingerprint density at radius 1 is 1.12 bits per heavy atom. The maximum absolute atomic E-state index is 13.9. The number of benzene rings is 3. The molecule has 6 nitrogen and oxygen atoms in total. The molecule has 2 heterocycles. The van der Waals surface area contributed by atoms with Crippen molar-refractivity contribution in [2.24, 2.45) is 0 Å². The third kappa shape index (κ3) is 3.60. The van der Waals surface area contributed by atoms with Crippen molar-refractivity contribution in [3.05, 3.63) is 89.7 Å². The first kappa shape index (κ1) is 21.3. The molecule has 1 N–H and O–H groups in total. The fraction of sp³-hybridized carbons (Fsp3) is 0.200. The third-order valence-electron chi connectivity index (χ3n) is 5.92. The Balaban J connectivity index is 1.48. The number of hydrogen-bond acceptors (Lipinski definition) is 4. The first-order valence-electron chi connectivity index (χ1n) is 10.6. The third-order valence-corrected chi connectivity index (χ3v) is 7.34. The molecule has 0 aromatic heterocycles. The Bertz CT molecular complexity index is 1220.